The van der Waals surface area contributed by atoms with Crippen molar-refractivity contribution in [1.29, 1.82) is 0 Å². The van der Waals surface area contributed by atoms with Gasteiger partial charge in [-0.05, 0) is 36.4 Å². The van der Waals surface area contributed by atoms with Crippen molar-refractivity contribution >= 4 is 12.0 Å². The van der Waals surface area contributed by atoms with Gasteiger partial charge in [0.1, 0.15) is 12.4 Å². The first-order chi connectivity index (χ1) is 11.7. The van der Waals surface area contributed by atoms with Gasteiger partial charge in [0.2, 0.25) is 0 Å². The largest absolute Gasteiger partial charge is 0.497 e. The molecule has 0 saturated heterocycles. The van der Waals surface area contributed by atoms with Crippen molar-refractivity contribution in [3.05, 3.63) is 71.8 Å². The number of nitrogens with zero attached hydrogens (tertiary/aromatic N) is 1. The maximum atomic E-state index is 11.7. The topological polar surface area (TPSA) is 38.8 Å². The molecule has 0 fully saturated rings. The number of carbonyl (C=O) groups is 1. The summed E-state index contributed by atoms with van der Waals surface area (Å²) in [6.07, 6.45) is 3.18. The number of hydrogen-bond donors (Lipinski definition) is 0. The SMILES string of the molecule is COc1ccc(/C=C/C(=O)OCCN(C)Cc2ccccc2)cc1. The lowest BCUT2D eigenvalue weighted by atomic mass is 10.2. The maximum Gasteiger partial charge on any atom is 0.330 e. The van der Waals surface area contributed by atoms with E-state index < -0.39 is 0 Å². The van der Waals surface area contributed by atoms with Crippen LogP contribution in [0.3, 0.4) is 0 Å². The number of ether oxygens (including phenoxy) is 2. The number of hydrogen-bond acceptors (Lipinski definition) is 4. The summed E-state index contributed by atoms with van der Waals surface area (Å²) < 4.78 is 10.3. The van der Waals surface area contributed by atoms with Crippen LogP contribution in [0, 0.1) is 0 Å². The van der Waals surface area contributed by atoms with Crippen molar-refractivity contribution in [3.8, 4) is 5.75 Å². The molecule has 0 heterocycles. The standard InChI is InChI=1S/C20H23NO3/c1-21(16-18-6-4-3-5-7-18)14-15-24-20(22)13-10-17-8-11-19(23-2)12-9-17/h3-13H,14-16H2,1-2H3/b13-10+. The van der Waals surface area contributed by atoms with Gasteiger partial charge in [-0.2, -0.15) is 0 Å². The van der Waals surface area contributed by atoms with Crippen LogP contribution in [-0.4, -0.2) is 38.2 Å². The summed E-state index contributed by atoms with van der Waals surface area (Å²) in [5, 5.41) is 0. The van der Waals surface area contributed by atoms with Crippen molar-refractivity contribution in [1.82, 2.24) is 4.90 Å². The molecule has 126 valence electrons. The van der Waals surface area contributed by atoms with Gasteiger partial charge >= 0.3 is 5.97 Å². The fourth-order valence-corrected chi connectivity index (χ4v) is 2.20. The lowest BCUT2D eigenvalue weighted by molar-refractivity contribution is -0.138. The van der Waals surface area contributed by atoms with Crippen LogP contribution in [0.4, 0.5) is 0 Å². The molecule has 0 spiro atoms. The average Bonchev–Trinajstić information content (AvgIpc) is 2.61. The minimum Gasteiger partial charge on any atom is -0.497 e. The summed E-state index contributed by atoms with van der Waals surface area (Å²) >= 11 is 0. The minimum absolute atomic E-state index is 0.334. The molecule has 4 heteroatoms. The number of benzene rings is 2. The first-order valence-electron chi connectivity index (χ1n) is 7.89. The highest BCUT2D eigenvalue weighted by atomic mass is 16.5. The second-order valence-electron chi connectivity index (χ2n) is 5.50. The molecule has 0 amide bonds. The first kappa shape index (κ1) is 17.8. The molecule has 0 unspecified atom stereocenters. The van der Waals surface area contributed by atoms with Gasteiger partial charge < -0.3 is 9.47 Å². The van der Waals surface area contributed by atoms with Gasteiger partial charge in [-0.15, -0.1) is 0 Å². The van der Waals surface area contributed by atoms with Crippen molar-refractivity contribution in [2.75, 3.05) is 27.3 Å². The predicted molar refractivity (Wildman–Crippen MR) is 95.8 cm³/mol. The molecule has 0 radical (unpaired) electrons. The Morgan fingerprint density at radius 3 is 2.46 bits per heavy atom. The zero-order valence-corrected chi connectivity index (χ0v) is 14.1. The summed E-state index contributed by atoms with van der Waals surface area (Å²) in [6.45, 7) is 1.90. The summed E-state index contributed by atoms with van der Waals surface area (Å²) in [4.78, 5) is 13.8. The molecule has 0 aliphatic carbocycles. The Balaban J connectivity index is 1.69. The number of carbonyl (C=O) groups excluding carboxylic acids is 1. The number of methoxy groups -OCH3 is 1. The van der Waals surface area contributed by atoms with E-state index in [2.05, 4.69) is 17.0 Å². The molecular weight excluding hydrogens is 302 g/mol. The van der Waals surface area contributed by atoms with Crippen molar-refractivity contribution in [2.24, 2.45) is 0 Å². The lowest BCUT2D eigenvalue weighted by Gasteiger charge is -2.16. The Bertz CT molecular complexity index is 650. The van der Waals surface area contributed by atoms with Crippen LogP contribution in [0.2, 0.25) is 0 Å². The average molecular weight is 325 g/mol. The van der Waals surface area contributed by atoms with Crippen molar-refractivity contribution in [2.45, 2.75) is 6.54 Å². The smallest absolute Gasteiger partial charge is 0.330 e. The van der Waals surface area contributed by atoms with Gasteiger partial charge in [0.05, 0.1) is 7.11 Å². The van der Waals surface area contributed by atoms with E-state index >= 15 is 0 Å². The second kappa shape index (κ2) is 9.53. The molecule has 24 heavy (non-hydrogen) atoms. The zero-order valence-electron chi connectivity index (χ0n) is 14.1. The third kappa shape index (κ3) is 6.26. The highest BCUT2D eigenvalue weighted by molar-refractivity contribution is 5.87. The predicted octanol–water partition coefficient (Wildman–Crippen LogP) is 3.38. The van der Waals surface area contributed by atoms with Crippen LogP contribution >= 0.6 is 0 Å². The molecule has 0 saturated carbocycles. The number of rotatable bonds is 8. The van der Waals surface area contributed by atoms with Gasteiger partial charge in [0, 0.05) is 19.2 Å². The van der Waals surface area contributed by atoms with Crippen molar-refractivity contribution < 1.29 is 14.3 Å². The molecule has 0 bridgehead atoms. The van der Waals surface area contributed by atoms with Crippen LogP contribution < -0.4 is 4.74 Å². The molecule has 0 aliphatic rings. The summed E-state index contributed by atoms with van der Waals surface area (Å²) in [5.74, 6) is 0.454. The van der Waals surface area contributed by atoms with Gasteiger partial charge in [-0.25, -0.2) is 4.79 Å². The third-order valence-electron chi connectivity index (χ3n) is 3.54. The highest BCUT2D eigenvalue weighted by Gasteiger charge is 2.02. The Labute approximate surface area is 143 Å². The summed E-state index contributed by atoms with van der Waals surface area (Å²) in [5.41, 5.74) is 2.17. The van der Waals surface area contributed by atoms with Crippen LogP contribution in [0.1, 0.15) is 11.1 Å². The van der Waals surface area contributed by atoms with Crippen LogP contribution in [0.15, 0.2) is 60.7 Å². The van der Waals surface area contributed by atoms with E-state index in [0.29, 0.717) is 13.2 Å². The molecule has 0 N–H and O–H groups in total. The molecule has 2 aromatic rings. The van der Waals surface area contributed by atoms with Crippen LogP contribution in [0.25, 0.3) is 6.08 Å². The second-order valence-corrected chi connectivity index (χ2v) is 5.50. The van der Waals surface area contributed by atoms with Gasteiger partial charge in [-0.1, -0.05) is 42.5 Å². The zero-order chi connectivity index (χ0) is 17.2. The Hall–Kier alpha value is -2.59. The monoisotopic (exact) mass is 325 g/mol. The third-order valence-corrected chi connectivity index (χ3v) is 3.54. The summed E-state index contributed by atoms with van der Waals surface area (Å²) in [6, 6.07) is 17.7. The minimum atomic E-state index is -0.334. The maximum absolute atomic E-state index is 11.7. The molecule has 4 nitrogen and oxygen atoms in total. The quantitative estimate of drug-likeness (QED) is 0.551. The van der Waals surface area contributed by atoms with Gasteiger partial charge in [0.15, 0.2) is 0 Å². The summed E-state index contributed by atoms with van der Waals surface area (Å²) in [7, 11) is 3.63. The first-order valence-corrected chi connectivity index (χ1v) is 7.89. The van der Waals surface area contributed by atoms with E-state index in [0.717, 1.165) is 17.9 Å². The molecule has 0 aliphatic heterocycles. The van der Waals surface area contributed by atoms with Crippen LogP contribution in [0.5, 0.6) is 5.75 Å². The van der Waals surface area contributed by atoms with Crippen molar-refractivity contribution in [3.63, 3.8) is 0 Å². The fourth-order valence-electron chi connectivity index (χ4n) is 2.20. The van der Waals surface area contributed by atoms with E-state index in [1.165, 1.54) is 11.6 Å². The lowest BCUT2D eigenvalue weighted by Crippen LogP contribution is -2.23. The van der Waals surface area contributed by atoms with E-state index in [4.69, 9.17) is 9.47 Å². The van der Waals surface area contributed by atoms with Gasteiger partial charge in [-0.3, -0.25) is 4.90 Å². The normalized spacial score (nSPS) is 11.0. The van der Waals surface area contributed by atoms with E-state index in [9.17, 15) is 4.79 Å². The molecule has 0 atom stereocenters. The number of likely N-dealkylation sites (N-methyl/N-ethyl adjacent to an activating group) is 1. The van der Waals surface area contributed by atoms with E-state index in [1.54, 1.807) is 13.2 Å². The Kier molecular flexibility index (Phi) is 7.05. The van der Waals surface area contributed by atoms with Gasteiger partial charge in [0.25, 0.3) is 0 Å². The number of esters is 1. The molecule has 0 aromatic heterocycles. The molecular formula is C20H23NO3. The van der Waals surface area contributed by atoms with Crippen LogP contribution in [-0.2, 0) is 16.1 Å². The molecule has 2 aromatic carbocycles. The van der Waals surface area contributed by atoms with E-state index in [1.807, 2.05) is 49.5 Å². The molecule has 2 rings (SSSR count). The Morgan fingerprint density at radius 2 is 1.79 bits per heavy atom. The fraction of sp³-hybridized carbons (Fsp3) is 0.250. The van der Waals surface area contributed by atoms with E-state index in [-0.39, 0.29) is 5.97 Å². The highest BCUT2D eigenvalue weighted by Crippen LogP contribution is 2.12. The Morgan fingerprint density at radius 1 is 1.08 bits per heavy atom.